The van der Waals surface area contributed by atoms with Gasteiger partial charge in [-0.3, -0.25) is 4.90 Å². The zero-order valence-electron chi connectivity index (χ0n) is 19.8. The number of benzene rings is 1. The van der Waals surface area contributed by atoms with Crippen molar-refractivity contribution in [2.75, 3.05) is 42.5 Å². The number of fused-ring (bicyclic) bond motifs is 3. The van der Waals surface area contributed by atoms with Crippen molar-refractivity contribution in [1.82, 2.24) is 14.5 Å². The van der Waals surface area contributed by atoms with Crippen LogP contribution in [0.15, 0.2) is 28.9 Å². The number of piperazine rings is 1. The summed E-state index contributed by atoms with van der Waals surface area (Å²) in [6.07, 6.45) is 0.139. The lowest BCUT2D eigenvalue weighted by molar-refractivity contribution is -0.0102. The summed E-state index contributed by atoms with van der Waals surface area (Å²) in [5.74, 6) is 0.618. The van der Waals surface area contributed by atoms with Crippen molar-refractivity contribution in [2.45, 2.75) is 51.5 Å². The fourth-order valence-electron chi connectivity index (χ4n) is 5.20. The van der Waals surface area contributed by atoms with Gasteiger partial charge in [0.1, 0.15) is 11.6 Å². The Morgan fingerprint density at radius 2 is 1.82 bits per heavy atom. The van der Waals surface area contributed by atoms with Crippen LogP contribution in [0.2, 0.25) is 0 Å². The molecule has 0 saturated carbocycles. The molecule has 3 N–H and O–H groups in total. The van der Waals surface area contributed by atoms with Crippen LogP contribution in [-0.4, -0.2) is 80.3 Å². The number of aromatic nitrogens is 2. The Hall–Kier alpha value is -2.11. The maximum atomic E-state index is 15.2. The quantitative estimate of drug-likeness (QED) is 0.530. The molecule has 2 saturated heterocycles. The number of rotatable bonds is 6. The summed E-state index contributed by atoms with van der Waals surface area (Å²) in [5.41, 5.74) is 3.90. The van der Waals surface area contributed by atoms with Crippen LogP contribution in [0.4, 0.5) is 15.8 Å². The number of β-amino-alcohol motifs (C(OH)–C–C–N with tert-alkyl or cyclic N) is 1. The lowest BCUT2D eigenvalue weighted by atomic mass is 9.97. The summed E-state index contributed by atoms with van der Waals surface area (Å²) in [4.78, 5) is 10.7. The third-order valence-electron chi connectivity index (χ3n) is 7.07. The van der Waals surface area contributed by atoms with Crippen LogP contribution in [-0.2, 0) is 13.0 Å². The molecule has 34 heavy (non-hydrogen) atoms. The van der Waals surface area contributed by atoms with Crippen molar-refractivity contribution in [3.05, 3.63) is 51.8 Å². The monoisotopic (exact) mass is 489 g/mol. The number of imidazole rings is 1. The van der Waals surface area contributed by atoms with Crippen LogP contribution in [0.1, 0.15) is 24.0 Å². The normalized spacial score (nSPS) is 21.6. The van der Waals surface area contributed by atoms with E-state index in [1.54, 1.807) is 17.8 Å². The molecule has 1 aromatic heterocycles. The maximum Gasteiger partial charge on any atom is 0.177 e. The molecule has 2 aromatic rings. The van der Waals surface area contributed by atoms with E-state index in [2.05, 4.69) is 26.6 Å². The Labute approximate surface area is 203 Å². The topological polar surface area (TPSA) is 88.2 Å². The van der Waals surface area contributed by atoms with Crippen LogP contribution >= 0.6 is 11.8 Å². The number of hydrogen-bond donors (Lipinski definition) is 3. The zero-order chi connectivity index (χ0) is 24.1. The van der Waals surface area contributed by atoms with E-state index in [-0.39, 0.29) is 11.2 Å². The molecule has 3 aliphatic heterocycles. The third kappa shape index (κ3) is 4.22. The number of nitrogens with zero attached hydrogens (tertiary/aromatic N) is 5. The van der Waals surface area contributed by atoms with Gasteiger partial charge < -0.3 is 29.7 Å². The molecule has 0 spiro atoms. The number of aliphatic hydroxyl groups excluding tert-OH is 2. The lowest BCUT2D eigenvalue weighted by Crippen LogP contribution is -2.49. The first kappa shape index (κ1) is 23.6. The fourth-order valence-corrected chi connectivity index (χ4v) is 6.39. The van der Waals surface area contributed by atoms with Crippen LogP contribution in [0, 0.1) is 19.7 Å². The number of thioether (sulfide) groups is 1. The SMILES string of the molecule is Cc1cnc(C)n1CC(O)CN1CCN(c2cc3c(cc2F)CC(C(O)O)=C2SC(C)N23)CC1. The first-order valence-electron chi connectivity index (χ1n) is 11.7. The highest BCUT2D eigenvalue weighted by Crippen LogP contribution is 2.52. The maximum absolute atomic E-state index is 15.2. The molecular formula is C24H32FN5O3S. The largest absolute Gasteiger partial charge is 0.390 e. The van der Waals surface area contributed by atoms with Gasteiger partial charge in [0, 0.05) is 62.3 Å². The molecule has 3 aliphatic rings. The van der Waals surface area contributed by atoms with Crippen molar-refractivity contribution in [3.63, 3.8) is 0 Å². The van der Waals surface area contributed by atoms with Gasteiger partial charge in [0.2, 0.25) is 0 Å². The fraction of sp³-hybridized carbons (Fsp3) is 0.542. The first-order chi connectivity index (χ1) is 16.2. The second-order valence-corrected chi connectivity index (χ2v) is 10.7. The van der Waals surface area contributed by atoms with Gasteiger partial charge in [0.15, 0.2) is 6.29 Å². The predicted molar refractivity (Wildman–Crippen MR) is 131 cm³/mol. The number of aliphatic hydroxyl groups is 3. The Balaban J connectivity index is 1.25. The Bertz CT molecular complexity index is 1090. The summed E-state index contributed by atoms with van der Waals surface area (Å²) < 4.78 is 17.2. The minimum absolute atomic E-state index is 0.169. The summed E-state index contributed by atoms with van der Waals surface area (Å²) in [6.45, 7) is 9.93. The Kier molecular flexibility index (Phi) is 6.36. The standard InChI is InChI=1S/C24H32FN5O3S/c1-14-11-26-15(2)29(14)13-18(31)12-27-4-6-28(7-5-27)22-10-21-17(9-20(22)25)8-19(24(32)33)23-30(21)16(3)34-23/h9-11,16,18,24,31-33H,4-8,12-13H2,1-3H3. The van der Waals surface area contributed by atoms with Gasteiger partial charge >= 0.3 is 0 Å². The lowest BCUT2D eigenvalue weighted by Gasteiger charge is -2.48. The second kappa shape index (κ2) is 9.16. The second-order valence-electron chi connectivity index (χ2n) is 9.40. The molecule has 10 heteroatoms. The van der Waals surface area contributed by atoms with E-state index in [1.807, 2.05) is 30.7 Å². The predicted octanol–water partition coefficient (Wildman–Crippen LogP) is 1.80. The highest BCUT2D eigenvalue weighted by atomic mass is 32.2. The molecule has 4 heterocycles. The molecule has 2 fully saturated rings. The summed E-state index contributed by atoms with van der Waals surface area (Å²) in [6, 6.07) is 3.46. The molecular weight excluding hydrogens is 457 g/mol. The molecule has 8 nitrogen and oxygen atoms in total. The van der Waals surface area contributed by atoms with Gasteiger partial charge in [-0.1, -0.05) is 11.8 Å². The Morgan fingerprint density at radius 1 is 1.09 bits per heavy atom. The molecule has 2 unspecified atom stereocenters. The van der Waals surface area contributed by atoms with E-state index in [9.17, 15) is 15.3 Å². The van der Waals surface area contributed by atoms with Crippen molar-refractivity contribution >= 4 is 23.1 Å². The van der Waals surface area contributed by atoms with Gasteiger partial charge in [0.25, 0.3) is 0 Å². The molecule has 0 radical (unpaired) electrons. The van der Waals surface area contributed by atoms with E-state index < -0.39 is 12.4 Å². The average molecular weight is 490 g/mol. The van der Waals surface area contributed by atoms with Gasteiger partial charge in [-0.15, -0.1) is 0 Å². The summed E-state index contributed by atoms with van der Waals surface area (Å²) >= 11 is 1.61. The molecule has 5 rings (SSSR count). The highest BCUT2D eigenvalue weighted by Gasteiger charge is 2.40. The van der Waals surface area contributed by atoms with Crippen LogP contribution in [0.25, 0.3) is 0 Å². The van der Waals surface area contributed by atoms with E-state index in [4.69, 9.17) is 0 Å². The van der Waals surface area contributed by atoms with Crippen LogP contribution < -0.4 is 9.80 Å². The summed E-state index contributed by atoms with van der Waals surface area (Å²) in [7, 11) is 0. The van der Waals surface area contributed by atoms with Gasteiger partial charge in [-0.05, 0) is 38.5 Å². The third-order valence-corrected chi connectivity index (χ3v) is 8.30. The minimum Gasteiger partial charge on any atom is -0.390 e. The van der Waals surface area contributed by atoms with Crippen molar-refractivity contribution in [2.24, 2.45) is 0 Å². The Morgan fingerprint density at radius 3 is 2.44 bits per heavy atom. The highest BCUT2D eigenvalue weighted by molar-refractivity contribution is 8.05. The van der Waals surface area contributed by atoms with Gasteiger partial charge in [0.05, 0.1) is 28.7 Å². The molecule has 2 atom stereocenters. The molecule has 0 bridgehead atoms. The summed E-state index contributed by atoms with van der Waals surface area (Å²) in [5, 5.41) is 31.2. The van der Waals surface area contributed by atoms with Gasteiger partial charge in [-0.25, -0.2) is 9.37 Å². The zero-order valence-corrected chi connectivity index (χ0v) is 20.6. The minimum atomic E-state index is -1.53. The van der Waals surface area contributed by atoms with E-state index >= 15 is 4.39 Å². The van der Waals surface area contributed by atoms with Crippen LogP contribution in [0.5, 0.6) is 0 Å². The smallest absolute Gasteiger partial charge is 0.177 e. The molecule has 0 amide bonds. The van der Waals surface area contributed by atoms with Gasteiger partial charge in [-0.2, -0.15) is 0 Å². The van der Waals surface area contributed by atoms with Crippen molar-refractivity contribution < 1.29 is 19.7 Å². The van der Waals surface area contributed by atoms with E-state index in [0.717, 1.165) is 40.9 Å². The number of anilines is 2. The van der Waals surface area contributed by atoms with Crippen molar-refractivity contribution in [1.29, 1.82) is 0 Å². The first-order valence-corrected chi connectivity index (χ1v) is 12.6. The molecule has 1 aromatic carbocycles. The molecule has 0 aliphatic carbocycles. The molecule has 184 valence electrons. The average Bonchev–Trinajstić information content (AvgIpc) is 3.09. The number of halogens is 1. The van der Waals surface area contributed by atoms with Crippen molar-refractivity contribution in [3.8, 4) is 0 Å². The van der Waals surface area contributed by atoms with Crippen LogP contribution in [0.3, 0.4) is 0 Å². The van der Waals surface area contributed by atoms with E-state index in [0.29, 0.717) is 43.9 Å². The number of hydrogen-bond acceptors (Lipinski definition) is 8. The van der Waals surface area contributed by atoms with E-state index in [1.165, 1.54) is 0 Å². The number of aryl methyl sites for hydroxylation is 2.